The number of likely N-dealkylation sites (tertiary alicyclic amines) is 1. The lowest BCUT2D eigenvalue weighted by molar-refractivity contribution is -0.133. The first-order valence-electron chi connectivity index (χ1n) is 8.29. The Kier molecular flexibility index (Phi) is 4.37. The van der Waals surface area contributed by atoms with E-state index in [2.05, 4.69) is 10.2 Å². The average molecular weight is 372 g/mol. The molecular weight excluding hydrogens is 356 g/mol. The number of fused-ring (bicyclic) bond motifs is 1. The van der Waals surface area contributed by atoms with E-state index in [0.717, 1.165) is 4.90 Å². The summed E-state index contributed by atoms with van der Waals surface area (Å²) in [5.74, 6) is -1.05. The Morgan fingerprint density at radius 2 is 1.81 bits per heavy atom. The van der Waals surface area contributed by atoms with E-state index >= 15 is 0 Å². The van der Waals surface area contributed by atoms with E-state index < -0.39 is 11.8 Å². The molecule has 1 aromatic carbocycles. The lowest BCUT2D eigenvalue weighted by Crippen LogP contribution is -2.47. The molecule has 1 aromatic heterocycles. The molecule has 0 aliphatic carbocycles. The van der Waals surface area contributed by atoms with Crippen molar-refractivity contribution in [2.45, 2.75) is 18.9 Å². The molecule has 0 atom stereocenters. The summed E-state index contributed by atoms with van der Waals surface area (Å²) in [6.07, 6.45) is 1.34. The third-order valence-electron chi connectivity index (χ3n) is 4.57. The van der Waals surface area contributed by atoms with Crippen LogP contribution in [0.15, 0.2) is 29.8 Å². The number of ether oxygens (including phenoxy) is 1. The van der Waals surface area contributed by atoms with Crippen molar-refractivity contribution in [2.75, 3.05) is 19.6 Å². The molecular formula is C17H16N4O4S. The molecule has 26 heavy (non-hydrogen) atoms. The van der Waals surface area contributed by atoms with Crippen LogP contribution >= 0.6 is 11.3 Å². The Bertz CT molecular complexity index is 811. The first-order valence-corrected chi connectivity index (χ1v) is 9.17. The number of amides is 3. The zero-order valence-electron chi connectivity index (χ0n) is 13.8. The van der Waals surface area contributed by atoms with E-state index in [4.69, 9.17) is 4.74 Å². The molecule has 0 unspecified atom stereocenters. The van der Waals surface area contributed by atoms with Crippen LogP contribution in [0.1, 0.15) is 33.6 Å². The number of nitrogens with zero attached hydrogens (tertiary/aromatic N) is 4. The molecule has 0 bridgehead atoms. The predicted octanol–water partition coefficient (Wildman–Crippen LogP) is 1.20. The molecule has 0 N–H and O–H groups in total. The number of aromatic nitrogens is 2. The highest BCUT2D eigenvalue weighted by Gasteiger charge is 2.37. The molecule has 3 amide bonds. The minimum atomic E-state index is -0.409. The zero-order chi connectivity index (χ0) is 18.1. The van der Waals surface area contributed by atoms with Crippen LogP contribution in [0, 0.1) is 0 Å². The van der Waals surface area contributed by atoms with Crippen LogP contribution in [-0.4, -0.2) is 63.5 Å². The third kappa shape index (κ3) is 3.05. The Hall–Kier alpha value is -2.81. The molecule has 1 fully saturated rings. The average Bonchev–Trinajstić information content (AvgIpc) is 3.25. The fourth-order valence-electron chi connectivity index (χ4n) is 3.20. The summed E-state index contributed by atoms with van der Waals surface area (Å²) in [5.41, 5.74) is 2.32. The molecule has 2 aromatic rings. The van der Waals surface area contributed by atoms with Crippen LogP contribution < -0.4 is 4.74 Å². The van der Waals surface area contributed by atoms with Crippen LogP contribution in [0.3, 0.4) is 0 Å². The van der Waals surface area contributed by atoms with Gasteiger partial charge >= 0.3 is 0 Å². The van der Waals surface area contributed by atoms with E-state index in [1.807, 2.05) is 0 Å². The van der Waals surface area contributed by atoms with Crippen molar-refractivity contribution in [3.63, 3.8) is 0 Å². The summed E-state index contributed by atoms with van der Waals surface area (Å²) < 4.78 is 5.72. The number of carbonyl (C=O) groups excluding carboxylic acids is 3. The standard InChI is InChI=1S/C17H16N4O4S/c22-14(9-21-15(23)12-3-1-2-4-13(12)16(21)24)20-7-5-11(6-8-20)25-17-19-18-10-26-17/h1-4,10-11H,5-9H2. The third-order valence-corrected chi connectivity index (χ3v) is 5.15. The van der Waals surface area contributed by atoms with Gasteiger partial charge in [0.2, 0.25) is 5.91 Å². The van der Waals surface area contributed by atoms with Gasteiger partial charge in [0, 0.05) is 25.9 Å². The maximum Gasteiger partial charge on any atom is 0.294 e. The van der Waals surface area contributed by atoms with Gasteiger partial charge in [-0.05, 0) is 12.1 Å². The molecule has 9 heteroatoms. The predicted molar refractivity (Wildman–Crippen MR) is 91.9 cm³/mol. The number of benzene rings is 1. The monoisotopic (exact) mass is 372 g/mol. The summed E-state index contributed by atoms with van der Waals surface area (Å²) in [5, 5.41) is 8.11. The van der Waals surface area contributed by atoms with Crippen molar-refractivity contribution in [2.24, 2.45) is 0 Å². The van der Waals surface area contributed by atoms with E-state index in [9.17, 15) is 14.4 Å². The van der Waals surface area contributed by atoms with Crippen LogP contribution in [0.2, 0.25) is 0 Å². The molecule has 0 spiro atoms. The van der Waals surface area contributed by atoms with Gasteiger partial charge in [-0.2, -0.15) is 0 Å². The van der Waals surface area contributed by atoms with E-state index in [1.165, 1.54) is 11.3 Å². The molecule has 8 nitrogen and oxygen atoms in total. The van der Waals surface area contributed by atoms with Gasteiger partial charge in [0.05, 0.1) is 11.1 Å². The van der Waals surface area contributed by atoms with Gasteiger partial charge in [0.25, 0.3) is 17.0 Å². The number of hydrogen-bond donors (Lipinski definition) is 0. The highest BCUT2D eigenvalue weighted by atomic mass is 32.1. The smallest absolute Gasteiger partial charge is 0.294 e. The highest BCUT2D eigenvalue weighted by Crippen LogP contribution is 2.23. The Labute approximate surface area is 153 Å². The summed E-state index contributed by atoms with van der Waals surface area (Å²) in [6.45, 7) is 0.811. The van der Waals surface area contributed by atoms with Crippen LogP contribution in [0.4, 0.5) is 0 Å². The number of imide groups is 1. The second-order valence-electron chi connectivity index (χ2n) is 6.14. The highest BCUT2D eigenvalue weighted by molar-refractivity contribution is 7.11. The summed E-state index contributed by atoms with van der Waals surface area (Å²) >= 11 is 1.33. The summed E-state index contributed by atoms with van der Waals surface area (Å²) in [7, 11) is 0. The topological polar surface area (TPSA) is 92.7 Å². The molecule has 4 rings (SSSR count). The zero-order valence-corrected chi connectivity index (χ0v) is 14.6. The summed E-state index contributed by atoms with van der Waals surface area (Å²) in [6, 6.07) is 6.63. The maximum absolute atomic E-state index is 12.5. The van der Waals surface area contributed by atoms with E-state index in [-0.39, 0.29) is 18.6 Å². The normalized spacial score (nSPS) is 17.5. The Morgan fingerprint density at radius 1 is 1.15 bits per heavy atom. The second kappa shape index (κ2) is 6.83. The van der Waals surface area contributed by atoms with Gasteiger partial charge in [-0.15, -0.1) is 10.2 Å². The number of piperidine rings is 1. The quantitative estimate of drug-likeness (QED) is 0.749. The first kappa shape index (κ1) is 16.6. The van der Waals surface area contributed by atoms with Gasteiger partial charge in [0.1, 0.15) is 18.2 Å². The molecule has 1 saturated heterocycles. The number of rotatable bonds is 4. The molecule has 0 saturated carbocycles. The fourth-order valence-corrected chi connectivity index (χ4v) is 3.67. The van der Waals surface area contributed by atoms with Gasteiger partial charge in [-0.3, -0.25) is 19.3 Å². The maximum atomic E-state index is 12.5. The molecule has 2 aliphatic rings. The van der Waals surface area contributed by atoms with Gasteiger partial charge in [-0.1, -0.05) is 23.5 Å². The van der Waals surface area contributed by atoms with Crippen LogP contribution in [0.25, 0.3) is 0 Å². The van der Waals surface area contributed by atoms with Crippen molar-refractivity contribution < 1.29 is 19.1 Å². The van der Waals surface area contributed by atoms with E-state index in [1.54, 1.807) is 34.7 Å². The second-order valence-corrected chi connectivity index (χ2v) is 6.94. The Balaban J connectivity index is 1.34. The molecule has 134 valence electrons. The van der Waals surface area contributed by atoms with Crippen LogP contribution in [-0.2, 0) is 4.79 Å². The number of carbonyl (C=O) groups is 3. The minimum Gasteiger partial charge on any atom is -0.465 e. The molecule has 2 aliphatic heterocycles. The Morgan fingerprint density at radius 3 is 2.38 bits per heavy atom. The lowest BCUT2D eigenvalue weighted by Gasteiger charge is -2.32. The van der Waals surface area contributed by atoms with Crippen LogP contribution in [0.5, 0.6) is 5.19 Å². The van der Waals surface area contributed by atoms with Crippen molar-refractivity contribution in [1.82, 2.24) is 20.0 Å². The molecule has 3 heterocycles. The minimum absolute atomic E-state index is 0.00805. The van der Waals surface area contributed by atoms with Gasteiger partial charge < -0.3 is 9.64 Å². The van der Waals surface area contributed by atoms with Gasteiger partial charge in [0.15, 0.2) is 0 Å². The van der Waals surface area contributed by atoms with E-state index in [0.29, 0.717) is 42.3 Å². The SMILES string of the molecule is O=C(CN1C(=O)c2ccccc2C1=O)N1CCC(Oc2nncs2)CC1. The first-order chi connectivity index (χ1) is 12.6. The van der Waals surface area contributed by atoms with Gasteiger partial charge in [-0.25, -0.2) is 0 Å². The lowest BCUT2D eigenvalue weighted by atomic mass is 10.1. The number of hydrogen-bond acceptors (Lipinski definition) is 7. The largest absolute Gasteiger partial charge is 0.465 e. The molecule has 0 radical (unpaired) electrons. The van der Waals surface area contributed by atoms with Crippen molar-refractivity contribution in [3.05, 3.63) is 40.9 Å². The van der Waals surface area contributed by atoms with Crippen molar-refractivity contribution in [1.29, 1.82) is 0 Å². The summed E-state index contributed by atoms with van der Waals surface area (Å²) in [4.78, 5) is 39.9. The van der Waals surface area contributed by atoms with Crippen molar-refractivity contribution >= 4 is 29.1 Å². The van der Waals surface area contributed by atoms with Crippen molar-refractivity contribution in [3.8, 4) is 5.19 Å². The fraction of sp³-hybridized carbons (Fsp3) is 0.353.